The van der Waals surface area contributed by atoms with Crippen molar-refractivity contribution in [3.05, 3.63) is 65.7 Å². The van der Waals surface area contributed by atoms with Gasteiger partial charge in [0.1, 0.15) is 5.75 Å². The molecule has 0 bridgehead atoms. The van der Waals surface area contributed by atoms with E-state index in [1.807, 2.05) is 49.4 Å². The quantitative estimate of drug-likeness (QED) is 0.748. The first kappa shape index (κ1) is 19.2. The molecule has 2 aromatic rings. The van der Waals surface area contributed by atoms with E-state index in [4.69, 9.17) is 4.74 Å². The summed E-state index contributed by atoms with van der Waals surface area (Å²) in [6.45, 7) is 5.92. The van der Waals surface area contributed by atoms with Gasteiger partial charge in [0, 0.05) is 13.1 Å². The van der Waals surface area contributed by atoms with Crippen LogP contribution in [0.25, 0.3) is 0 Å². The largest absolute Gasteiger partial charge is 0.494 e. The Hall–Kier alpha value is -2.53. The van der Waals surface area contributed by atoms with E-state index in [0.29, 0.717) is 19.7 Å². The van der Waals surface area contributed by atoms with Crippen molar-refractivity contribution in [2.45, 2.75) is 32.4 Å². The van der Waals surface area contributed by atoms with E-state index in [-0.39, 0.29) is 12.1 Å². The minimum Gasteiger partial charge on any atom is -0.494 e. The Morgan fingerprint density at radius 2 is 1.74 bits per heavy atom. The van der Waals surface area contributed by atoms with E-state index in [2.05, 4.69) is 27.7 Å². The first-order valence-electron chi connectivity index (χ1n) is 9.78. The van der Waals surface area contributed by atoms with E-state index in [1.54, 1.807) is 0 Å². The third-order valence-corrected chi connectivity index (χ3v) is 4.91. The van der Waals surface area contributed by atoms with E-state index < -0.39 is 0 Å². The maximum atomic E-state index is 12.2. The van der Waals surface area contributed by atoms with E-state index >= 15 is 0 Å². The number of nitrogens with one attached hydrogen (secondary N) is 2. The molecule has 2 aromatic carbocycles. The second kappa shape index (κ2) is 9.97. The number of rotatable bonds is 8. The van der Waals surface area contributed by atoms with Crippen LogP contribution in [0.1, 0.15) is 36.9 Å². The number of benzene rings is 2. The van der Waals surface area contributed by atoms with Crippen molar-refractivity contribution in [3.8, 4) is 5.75 Å². The van der Waals surface area contributed by atoms with Crippen LogP contribution in [-0.2, 0) is 6.54 Å². The summed E-state index contributed by atoms with van der Waals surface area (Å²) in [5.74, 6) is 0.884. The molecule has 5 nitrogen and oxygen atoms in total. The second-order valence-corrected chi connectivity index (χ2v) is 6.81. The molecule has 0 saturated carbocycles. The van der Waals surface area contributed by atoms with Crippen LogP contribution in [-0.4, -0.2) is 37.2 Å². The summed E-state index contributed by atoms with van der Waals surface area (Å²) in [6.07, 6.45) is 2.43. The number of hydrogen-bond acceptors (Lipinski definition) is 3. The normalized spacial score (nSPS) is 15.3. The number of ether oxygens (including phenoxy) is 1. The lowest BCUT2D eigenvalue weighted by Gasteiger charge is -2.28. The Morgan fingerprint density at radius 1 is 1.04 bits per heavy atom. The molecule has 27 heavy (non-hydrogen) atoms. The third kappa shape index (κ3) is 5.73. The summed E-state index contributed by atoms with van der Waals surface area (Å²) in [5, 5.41) is 5.98. The van der Waals surface area contributed by atoms with Gasteiger partial charge in [0.15, 0.2) is 0 Å². The van der Waals surface area contributed by atoms with Crippen molar-refractivity contribution in [2.75, 3.05) is 26.2 Å². The molecule has 2 N–H and O–H groups in total. The fraction of sp³-hybridized carbons (Fsp3) is 0.409. The van der Waals surface area contributed by atoms with Crippen LogP contribution in [0.15, 0.2) is 54.6 Å². The lowest BCUT2D eigenvalue weighted by atomic mass is 10.1. The molecule has 3 rings (SSSR count). The molecule has 1 aliphatic heterocycles. The lowest BCUT2D eigenvalue weighted by Crippen LogP contribution is -2.41. The van der Waals surface area contributed by atoms with Gasteiger partial charge in [0.2, 0.25) is 0 Å². The van der Waals surface area contributed by atoms with Crippen molar-refractivity contribution in [1.29, 1.82) is 0 Å². The third-order valence-electron chi connectivity index (χ3n) is 4.91. The molecule has 1 aliphatic rings. The fourth-order valence-electron chi connectivity index (χ4n) is 3.49. The molecule has 5 heteroatoms. The lowest BCUT2D eigenvalue weighted by molar-refractivity contribution is 0.220. The smallest absolute Gasteiger partial charge is 0.315 e. The van der Waals surface area contributed by atoms with Gasteiger partial charge in [-0.15, -0.1) is 0 Å². The zero-order valence-corrected chi connectivity index (χ0v) is 16.0. The van der Waals surface area contributed by atoms with Gasteiger partial charge in [-0.2, -0.15) is 0 Å². The molecular formula is C22H29N3O2. The topological polar surface area (TPSA) is 53.6 Å². The monoisotopic (exact) mass is 367 g/mol. The van der Waals surface area contributed by atoms with Gasteiger partial charge in [0.25, 0.3) is 0 Å². The summed E-state index contributed by atoms with van der Waals surface area (Å²) in [6, 6.07) is 18.2. The van der Waals surface area contributed by atoms with Gasteiger partial charge >= 0.3 is 6.03 Å². The van der Waals surface area contributed by atoms with Crippen LogP contribution in [0, 0.1) is 0 Å². The zero-order valence-electron chi connectivity index (χ0n) is 16.0. The van der Waals surface area contributed by atoms with Gasteiger partial charge < -0.3 is 15.4 Å². The number of likely N-dealkylation sites (tertiary alicyclic amines) is 1. The van der Waals surface area contributed by atoms with Crippen LogP contribution in [0.4, 0.5) is 4.79 Å². The number of carbonyl (C=O) groups is 1. The van der Waals surface area contributed by atoms with E-state index in [9.17, 15) is 4.79 Å². The Bertz CT molecular complexity index is 697. The first-order valence-corrected chi connectivity index (χ1v) is 9.78. The molecule has 1 atom stereocenters. The zero-order chi connectivity index (χ0) is 18.9. The Labute approximate surface area is 161 Å². The molecule has 0 aliphatic carbocycles. The highest BCUT2D eigenvalue weighted by Crippen LogP contribution is 2.26. The predicted octanol–water partition coefficient (Wildman–Crippen LogP) is 3.72. The van der Waals surface area contributed by atoms with Crippen molar-refractivity contribution >= 4 is 6.03 Å². The summed E-state index contributed by atoms with van der Waals surface area (Å²) < 4.78 is 5.54. The molecular weight excluding hydrogens is 338 g/mol. The Kier molecular flexibility index (Phi) is 7.11. The van der Waals surface area contributed by atoms with Gasteiger partial charge in [-0.1, -0.05) is 42.5 Å². The Morgan fingerprint density at radius 3 is 2.41 bits per heavy atom. The maximum absolute atomic E-state index is 12.2. The Balaban J connectivity index is 1.57. The highest BCUT2D eigenvalue weighted by Gasteiger charge is 2.24. The van der Waals surface area contributed by atoms with Crippen molar-refractivity contribution in [1.82, 2.24) is 15.5 Å². The van der Waals surface area contributed by atoms with Gasteiger partial charge in [-0.25, -0.2) is 4.79 Å². The number of nitrogens with zero attached hydrogens (tertiary/aromatic N) is 1. The molecule has 2 amide bonds. The van der Waals surface area contributed by atoms with Crippen LogP contribution in [0.3, 0.4) is 0 Å². The maximum Gasteiger partial charge on any atom is 0.315 e. The van der Waals surface area contributed by atoms with Crippen LogP contribution in [0.2, 0.25) is 0 Å². The highest BCUT2D eigenvalue weighted by atomic mass is 16.5. The summed E-state index contributed by atoms with van der Waals surface area (Å²) in [4.78, 5) is 14.7. The molecule has 1 saturated heterocycles. The van der Waals surface area contributed by atoms with Crippen LogP contribution < -0.4 is 15.4 Å². The van der Waals surface area contributed by atoms with Gasteiger partial charge in [-0.05, 0) is 56.1 Å². The standard InChI is InChI=1S/C22H29N3O2/c1-2-27-20-12-10-19(11-13-20)21(25-14-6-7-15-25)17-24-22(26)23-16-18-8-4-3-5-9-18/h3-5,8-13,21H,2,6-7,14-17H2,1H3,(H2,23,24,26). The molecule has 144 valence electrons. The van der Waals surface area contributed by atoms with E-state index in [1.165, 1.54) is 18.4 Å². The molecule has 0 aromatic heterocycles. The van der Waals surface area contributed by atoms with Crippen molar-refractivity contribution in [2.24, 2.45) is 0 Å². The van der Waals surface area contributed by atoms with Crippen LogP contribution >= 0.6 is 0 Å². The molecule has 1 heterocycles. The SMILES string of the molecule is CCOc1ccc(C(CNC(=O)NCc2ccccc2)N2CCCC2)cc1. The van der Waals surface area contributed by atoms with Gasteiger partial charge in [-0.3, -0.25) is 4.90 Å². The van der Waals surface area contributed by atoms with E-state index in [0.717, 1.165) is 24.4 Å². The van der Waals surface area contributed by atoms with Gasteiger partial charge in [0.05, 0.1) is 12.6 Å². The summed E-state index contributed by atoms with van der Waals surface area (Å²) in [5.41, 5.74) is 2.30. The summed E-state index contributed by atoms with van der Waals surface area (Å²) in [7, 11) is 0. The summed E-state index contributed by atoms with van der Waals surface area (Å²) >= 11 is 0. The molecule has 0 spiro atoms. The molecule has 1 fully saturated rings. The average molecular weight is 367 g/mol. The second-order valence-electron chi connectivity index (χ2n) is 6.81. The minimum absolute atomic E-state index is 0.131. The van der Waals surface area contributed by atoms with Crippen molar-refractivity contribution in [3.63, 3.8) is 0 Å². The molecule has 1 unspecified atom stereocenters. The average Bonchev–Trinajstić information content (AvgIpc) is 3.23. The number of amides is 2. The highest BCUT2D eigenvalue weighted by molar-refractivity contribution is 5.73. The number of hydrogen-bond donors (Lipinski definition) is 2. The number of carbonyl (C=O) groups excluding carboxylic acids is 1. The number of urea groups is 1. The first-order chi connectivity index (χ1) is 13.3. The fourth-order valence-corrected chi connectivity index (χ4v) is 3.49. The minimum atomic E-state index is -0.131. The molecule has 0 radical (unpaired) electrons. The van der Waals surface area contributed by atoms with Crippen LogP contribution in [0.5, 0.6) is 5.75 Å². The predicted molar refractivity (Wildman–Crippen MR) is 108 cm³/mol. The van der Waals surface area contributed by atoms with Crippen molar-refractivity contribution < 1.29 is 9.53 Å².